The van der Waals surface area contributed by atoms with Crippen molar-refractivity contribution in [1.29, 1.82) is 0 Å². The molecule has 1 fully saturated rings. The summed E-state index contributed by atoms with van der Waals surface area (Å²) in [4.78, 5) is 22.8. The molecule has 0 radical (unpaired) electrons. The summed E-state index contributed by atoms with van der Waals surface area (Å²) >= 11 is 0. The number of hydrogen-bond acceptors (Lipinski definition) is 3. The van der Waals surface area contributed by atoms with E-state index in [0.29, 0.717) is 12.3 Å². The van der Waals surface area contributed by atoms with E-state index in [0.717, 1.165) is 25.7 Å². The smallest absolute Gasteiger partial charge is 0.320 e. The van der Waals surface area contributed by atoms with Crippen LogP contribution in [-0.2, 0) is 9.59 Å². The lowest BCUT2D eigenvalue weighted by Crippen LogP contribution is -2.47. The predicted molar refractivity (Wildman–Crippen MR) is 73.9 cm³/mol. The lowest BCUT2D eigenvalue weighted by molar-refractivity contribution is -0.139. The van der Waals surface area contributed by atoms with Crippen LogP contribution < -0.4 is 10.6 Å². The maximum atomic E-state index is 11.8. The van der Waals surface area contributed by atoms with E-state index in [1.807, 2.05) is 6.92 Å². The highest BCUT2D eigenvalue weighted by molar-refractivity contribution is 5.80. The Morgan fingerprint density at radius 3 is 2.58 bits per heavy atom. The lowest BCUT2D eigenvalue weighted by atomic mass is 9.86. The molecule has 0 spiro atoms. The lowest BCUT2D eigenvalue weighted by Gasteiger charge is -2.29. The SMILES string of the molecule is CCCC(NCC(=O)NC1CCCCC1C)C(=O)O. The Bertz CT molecular complexity index is 307. The molecule has 0 saturated heterocycles. The summed E-state index contributed by atoms with van der Waals surface area (Å²) in [6, 6.07) is -0.378. The highest BCUT2D eigenvalue weighted by Crippen LogP contribution is 2.23. The molecular weight excluding hydrogens is 244 g/mol. The second-order valence-corrected chi connectivity index (χ2v) is 5.50. The van der Waals surface area contributed by atoms with Gasteiger partial charge in [-0.2, -0.15) is 0 Å². The highest BCUT2D eigenvalue weighted by Gasteiger charge is 2.23. The summed E-state index contributed by atoms with van der Waals surface area (Å²) in [7, 11) is 0. The van der Waals surface area contributed by atoms with E-state index in [1.165, 1.54) is 6.42 Å². The zero-order chi connectivity index (χ0) is 14.3. The molecule has 0 aromatic rings. The molecule has 1 aliphatic rings. The molecule has 1 aliphatic carbocycles. The largest absolute Gasteiger partial charge is 0.480 e. The normalized spacial score (nSPS) is 24.7. The summed E-state index contributed by atoms with van der Waals surface area (Å²) in [5, 5.41) is 14.8. The van der Waals surface area contributed by atoms with Gasteiger partial charge in [0.15, 0.2) is 0 Å². The van der Waals surface area contributed by atoms with E-state index in [-0.39, 0.29) is 18.5 Å². The van der Waals surface area contributed by atoms with E-state index in [2.05, 4.69) is 17.6 Å². The molecule has 0 bridgehead atoms. The maximum Gasteiger partial charge on any atom is 0.320 e. The predicted octanol–water partition coefficient (Wildman–Crippen LogP) is 1.52. The summed E-state index contributed by atoms with van der Waals surface area (Å²) in [6.45, 7) is 4.18. The molecule has 0 aromatic heterocycles. The second-order valence-electron chi connectivity index (χ2n) is 5.50. The molecule has 3 unspecified atom stereocenters. The van der Waals surface area contributed by atoms with E-state index in [9.17, 15) is 9.59 Å². The van der Waals surface area contributed by atoms with Gasteiger partial charge in [-0.25, -0.2) is 0 Å². The summed E-state index contributed by atoms with van der Waals surface area (Å²) < 4.78 is 0. The molecule has 110 valence electrons. The first-order valence-corrected chi connectivity index (χ1v) is 7.30. The molecule has 3 N–H and O–H groups in total. The van der Waals surface area contributed by atoms with Gasteiger partial charge in [-0.15, -0.1) is 0 Å². The van der Waals surface area contributed by atoms with Gasteiger partial charge in [-0.1, -0.05) is 33.1 Å². The molecule has 1 rings (SSSR count). The number of carbonyl (C=O) groups is 2. The van der Waals surface area contributed by atoms with E-state index < -0.39 is 12.0 Å². The van der Waals surface area contributed by atoms with Gasteiger partial charge >= 0.3 is 5.97 Å². The van der Waals surface area contributed by atoms with Gasteiger partial charge in [0.1, 0.15) is 6.04 Å². The fourth-order valence-corrected chi connectivity index (χ4v) is 2.61. The van der Waals surface area contributed by atoms with Gasteiger partial charge in [0.05, 0.1) is 6.54 Å². The third-order valence-corrected chi connectivity index (χ3v) is 3.84. The summed E-state index contributed by atoms with van der Waals surface area (Å²) in [5.41, 5.74) is 0. The van der Waals surface area contributed by atoms with Crippen LogP contribution >= 0.6 is 0 Å². The highest BCUT2D eigenvalue weighted by atomic mass is 16.4. The molecule has 19 heavy (non-hydrogen) atoms. The van der Waals surface area contributed by atoms with Crippen LogP contribution in [0.15, 0.2) is 0 Å². The van der Waals surface area contributed by atoms with Crippen molar-refractivity contribution >= 4 is 11.9 Å². The third kappa shape index (κ3) is 5.59. The van der Waals surface area contributed by atoms with Gasteiger partial charge in [-0.3, -0.25) is 14.9 Å². The van der Waals surface area contributed by atoms with Gasteiger partial charge < -0.3 is 10.4 Å². The fourth-order valence-electron chi connectivity index (χ4n) is 2.61. The average molecular weight is 270 g/mol. The standard InChI is InChI=1S/C14H26N2O3/c1-3-6-12(14(18)19)15-9-13(17)16-11-8-5-4-7-10(11)2/h10-12,15H,3-9H2,1-2H3,(H,16,17)(H,18,19). The molecule has 0 aromatic carbocycles. The topological polar surface area (TPSA) is 78.4 Å². The van der Waals surface area contributed by atoms with Crippen molar-refractivity contribution in [3.63, 3.8) is 0 Å². The van der Waals surface area contributed by atoms with Crippen molar-refractivity contribution in [2.45, 2.75) is 64.5 Å². The van der Waals surface area contributed by atoms with Crippen molar-refractivity contribution in [2.75, 3.05) is 6.54 Å². The number of nitrogens with one attached hydrogen (secondary N) is 2. The zero-order valence-electron chi connectivity index (χ0n) is 11.9. The van der Waals surface area contributed by atoms with E-state index in [1.54, 1.807) is 0 Å². The van der Waals surface area contributed by atoms with Crippen molar-refractivity contribution < 1.29 is 14.7 Å². The number of carbonyl (C=O) groups excluding carboxylic acids is 1. The summed E-state index contributed by atoms with van der Waals surface area (Å²) in [6.07, 6.45) is 5.92. The number of amides is 1. The average Bonchev–Trinajstić information content (AvgIpc) is 2.37. The fraction of sp³-hybridized carbons (Fsp3) is 0.857. The quantitative estimate of drug-likeness (QED) is 0.655. The van der Waals surface area contributed by atoms with Crippen molar-refractivity contribution in [1.82, 2.24) is 10.6 Å². The third-order valence-electron chi connectivity index (χ3n) is 3.84. The Kier molecular flexibility index (Phi) is 6.84. The van der Waals surface area contributed by atoms with Gasteiger partial charge in [0, 0.05) is 6.04 Å². The first-order valence-electron chi connectivity index (χ1n) is 7.30. The van der Waals surface area contributed by atoms with E-state index in [4.69, 9.17) is 5.11 Å². The Labute approximate surface area is 115 Å². The molecular formula is C14H26N2O3. The van der Waals surface area contributed by atoms with Crippen LogP contribution in [0.5, 0.6) is 0 Å². The number of carboxylic acid groups (broad SMARTS) is 1. The molecule has 5 nitrogen and oxygen atoms in total. The summed E-state index contributed by atoms with van der Waals surface area (Å²) in [5.74, 6) is -0.467. The first-order chi connectivity index (χ1) is 9.04. The van der Waals surface area contributed by atoms with Gasteiger partial charge in [0.2, 0.25) is 5.91 Å². The minimum Gasteiger partial charge on any atom is -0.480 e. The molecule has 5 heteroatoms. The van der Waals surface area contributed by atoms with Crippen LogP contribution in [0.25, 0.3) is 0 Å². The molecule has 0 aliphatic heterocycles. The maximum absolute atomic E-state index is 11.8. The molecule has 3 atom stereocenters. The van der Waals surface area contributed by atoms with Crippen LogP contribution in [0.4, 0.5) is 0 Å². The number of aliphatic carboxylic acids is 1. The Morgan fingerprint density at radius 2 is 2.00 bits per heavy atom. The van der Waals surface area contributed by atoms with E-state index >= 15 is 0 Å². The van der Waals surface area contributed by atoms with Crippen molar-refractivity contribution in [3.05, 3.63) is 0 Å². The molecule has 1 saturated carbocycles. The van der Waals surface area contributed by atoms with Crippen LogP contribution in [0, 0.1) is 5.92 Å². The number of carboxylic acids is 1. The van der Waals surface area contributed by atoms with Crippen LogP contribution in [-0.4, -0.2) is 35.6 Å². The minimum atomic E-state index is -0.888. The van der Waals surface area contributed by atoms with Crippen molar-refractivity contribution in [3.8, 4) is 0 Å². The van der Waals surface area contributed by atoms with Gasteiger partial charge in [0.25, 0.3) is 0 Å². The van der Waals surface area contributed by atoms with Crippen LogP contribution in [0.2, 0.25) is 0 Å². The van der Waals surface area contributed by atoms with Gasteiger partial charge in [-0.05, 0) is 25.2 Å². The monoisotopic (exact) mass is 270 g/mol. The van der Waals surface area contributed by atoms with Crippen LogP contribution in [0.3, 0.4) is 0 Å². The van der Waals surface area contributed by atoms with Crippen LogP contribution in [0.1, 0.15) is 52.4 Å². The molecule has 1 amide bonds. The number of hydrogen-bond donors (Lipinski definition) is 3. The zero-order valence-corrected chi connectivity index (χ0v) is 11.9. The minimum absolute atomic E-state index is 0.0835. The first kappa shape index (κ1) is 16.0. The Balaban J connectivity index is 2.31. The number of rotatable bonds is 7. The van der Waals surface area contributed by atoms with Crippen molar-refractivity contribution in [2.24, 2.45) is 5.92 Å². The second kappa shape index (κ2) is 8.15. The Morgan fingerprint density at radius 1 is 1.32 bits per heavy atom. The molecule has 0 heterocycles. The Hall–Kier alpha value is -1.10.